The van der Waals surface area contributed by atoms with Crippen LogP contribution in [0.2, 0.25) is 0 Å². The van der Waals surface area contributed by atoms with Crippen LogP contribution in [0.1, 0.15) is 50.0 Å². The average Bonchev–Trinajstić information content (AvgIpc) is 3.11. The first kappa shape index (κ1) is 17.7. The number of nitrogens with zero attached hydrogens (tertiary/aromatic N) is 1. The molecular formula is C17H24FN2O3+. The van der Waals surface area contributed by atoms with Gasteiger partial charge in [-0.2, -0.15) is 0 Å². The second kappa shape index (κ2) is 6.86. The van der Waals surface area contributed by atoms with Gasteiger partial charge in [0.2, 0.25) is 0 Å². The van der Waals surface area contributed by atoms with Gasteiger partial charge in [-0.1, -0.05) is 6.92 Å². The molecule has 23 heavy (non-hydrogen) atoms. The number of benzene rings is 1. The molecule has 0 heterocycles. The van der Waals surface area contributed by atoms with E-state index in [2.05, 4.69) is 11.9 Å². The summed E-state index contributed by atoms with van der Waals surface area (Å²) in [4.78, 5) is 15.4. The number of ether oxygens (including phenoxy) is 1. The van der Waals surface area contributed by atoms with Crippen molar-refractivity contribution in [3.8, 4) is 0 Å². The zero-order valence-corrected chi connectivity index (χ0v) is 13.9. The molecule has 5 nitrogen and oxygen atoms in total. The van der Waals surface area contributed by atoms with E-state index in [-0.39, 0.29) is 11.6 Å². The third kappa shape index (κ3) is 5.20. The smallest absolute Gasteiger partial charge is 0.308 e. The average molecular weight is 323 g/mol. The highest BCUT2D eigenvalue weighted by molar-refractivity contribution is 5.89. The van der Waals surface area contributed by atoms with Gasteiger partial charge >= 0.3 is 6.41 Å². The number of aliphatic hydroxyl groups excluding tert-OH is 1. The summed E-state index contributed by atoms with van der Waals surface area (Å²) < 4.78 is 19.3. The van der Waals surface area contributed by atoms with Gasteiger partial charge in [0.1, 0.15) is 11.5 Å². The Bertz CT molecular complexity index is 611. The number of aldehydes is 1. The minimum atomic E-state index is -1.18. The summed E-state index contributed by atoms with van der Waals surface area (Å²) >= 11 is 0. The molecule has 126 valence electrons. The van der Waals surface area contributed by atoms with Gasteiger partial charge in [-0.05, 0) is 39.2 Å². The lowest BCUT2D eigenvalue weighted by Crippen LogP contribution is -2.86. The molecule has 3 unspecified atom stereocenters. The summed E-state index contributed by atoms with van der Waals surface area (Å²) in [5.41, 5.74) is 0.472. The standard InChI is InChI=1S/C17H23FN2O3/c1-10-5-14(10)19-8-11-6-12(9-21)13(18)7-15(11)20-16(22)23-17(2,3)4/h6-10,14,16,20,22H,5H2,1-4H3/p+1. The molecule has 1 fully saturated rings. The van der Waals surface area contributed by atoms with Crippen molar-refractivity contribution in [2.75, 3.05) is 0 Å². The van der Waals surface area contributed by atoms with E-state index in [0.29, 0.717) is 23.5 Å². The Hall–Kier alpha value is -1.63. The number of carbonyl (C=O) groups is 1. The second-order valence-corrected chi connectivity index (χ2v) is 6.97. The Morgan fingerprint density at radius 1 is 1.43 bits per heavy atom. The van der Waals surface area contributed by atoms with Crippen LogP contribution in [0.4, 0.5) is 10.1 Å². The van der Waals surface area contributed by atoms with Gasteiger partial charge in [-0.3, -0.25) is 19.8 Å². The van der Waals surface area contributed by atoms with Crippen LogP contribution < -0.4 is 5.32 Å². The Kier molecular flexibility index (Phi) is 5.29. The van der Waals surface area contributed by atoms with Gasteiger partial charge in [-0.15, -0.1) is 0 Å². The third-order valence-electron chi connectivity index (χ3n) is 3.60. The van der Waals surface area contributed by atoms with Gasteiger partial charge in [0.15, 0.2) is 6.29 Å². The van der Waals surface area contributed by atoms with Crippen molar-refractivity contribution in [3.63, 3.8) is 0 Å². The van der Waals surface area contributed by atoms with Crippen LogP contribution in [0.5, 0.6) is 0 Å². The number of aliphatic hydroxyl groups is 1. The largest absolute Gasteiger partial charge is 0.321 e. The fourth-order valence-electron chi connectivity index (χ4n) is 2.21. The number of halogens is 1. The summed E-state index contributed by atoms with van der Waals surface area (Å²) in [6, 6.07) is 2.94. The van der Waals surface area contributed by atoms with E-state index in [1.54, 1.807) is 6.21 Å². The molecule has 3 N–H and O–H groups in total. The summed E-state index contributed by atoms with van der Waals surface area (Å²) in [5, 5.41) is 11.4. The first-order valence-corrected chi connectivity index (χ1v) is 7.72. The first-order chi connectivity index (χ1) is 10.7. The van der Waals surface area contributed by atoms with E-state index < -0.39 is 17.8 Å². The third-order valence-corrected chi connectivity index (χ3v) is 3.60. The molecule has 0 bridgehead atoms. The zero-order valence-electron chi connectivity index (χ0n) is 13.9. The Balaban J connectivity index is 2.23. The predicted molar refractivity (Wildman–Crippen MR) is 85.4 cm³/mol. The summed E-state index contributed by atoms with van der Waals surface area (Å²) in [7, 11) is 0. The molecule has 0 spiro atoms. The highest BCUT2D eigenvalue weighted by atomic mass is 19.1. The lowest BCUT2D eigenvalue weighted by molar-refractivity contribution is -0.708. The van der Waals surface area contributed by atoms with E-state index in [1.807, 2.05) is 20.8 Å². The molecule has 1 aliphatic rings. The Morgan fingerprint density at radius 3 is 2.61 bits per heavy atom. The SMILES string of the molecule is CC1CC1N=Cc1cc(C=O)c(F)cc1[NH2+]C(O)OC(C)(C)C. The van der Waals surface area contributed by atoms with Crippen molar-refractivity contribution in [3.05, 3.63) is 29.1 Å². The van der Waals surface area contributed by atoms with Gasteiger partial charge in [0.05, 0.1) is 22.8 Å². The van der Waals surface area contributed by atoms with E-state index in [4.69, 9.17) is 4.74 Å². The first-order valence-electron chi connectivity index (χ1n) is 7.72. The normalized spacial score (nSPS) is 22.3. The van der Waals surface area contributed by atoms with Crippen molar-refractivity contribution in [1.29, 1.82) is 0 Å². The highest BCUT2D eigenvalue weighted by Gasteiger charge is 2.31. The molecule has 0 aromatic heterocycles. The van der Waals surface area contributed by atoms with Crippen molar-refractivity contribution in [2.24, 2.45) is 10.9 Å². The Labute approximate surface area is 135 Å². The summed E-state index contributed by atoms with van der Waals surface area (Å²) in [6.45, 7) is 7.56. The molecule has 1 saturated carbocycles. The van der Waals surface area contributed by atoms with Crippen LogP contribution in [-0.4, -0.2) is 35.7 Å². The van der Waals surface area contributed by atoms with Gasteiger partial charge in [-0.25, -0.2) is 4.39 Å². The lowest BCUT2D eigenvalue weighted by atomic mass is 10.1. The minimum Gasteiger partial charge on any atom is -0.321 e. The molecule has 1 aliphatic carbocycles. The van der Waals surface area contributed by atoms with E-state index >= 15 is 0 Å². The van der Waals surface area contributed by atoms with Crippen LogP contribution in [0, 0.1) is 11.7 Å². The maximum absolute atomic E-state index is 13.9. The molecule has 0 aliphatic heterocycles. The molecule has 3 atom stereocenters. The second-order valence-electron chi connectivity index (χ2n) is 6.97. The van der Waals surface area contributed by atoms with Gasteiger partial charge in [0, 0.05) is 12.3 Å². The van der Waals surface area contributed by atoms with Crippen molar-refractivity contribution < 1.29 is 24.3 Å². The lowest BCUT2D eigenvalue weighted by Gasteiger charge is -2.22. The monoisotopic (exact) mass is 323 g/mol. The number of hydrogen-bond acceptors (Lipinski definition) is 4. The molecule has 2 rings (SSSR count). The molecule has 0 saturated heterocycles. The van der Waals surface area contributed by atoms with Crippen LogP contribution >= 0.6 is 0 Å². The van der Waals surface area contributed by atoms with E-state index in [9.17, 15) is 14.3 Å². The fraction of sp³-hybridized carbons (Fsp3) is 0.529. The maximum atomic E-state index is 13.9. The van der Waals surface area contributed by atoms with E-state index in [0.717, 1.165) is 6.42 Å². The van der Waals surface area contributed by atoms with Crippen molar-refractivity contribution >= 4 is 18.2 Å². The van der Waals surface area contributed by atoms with Gasteiger partial charge < -0.3 is 5.11 Å². The molecule has 1 aromatic rings. The van der Waals surface area contributed by atoms with Crippen LogP contribution in [0.25, 0.3) is 0 Å². The minimum absolute atomic E-state index is 0.0290. The number of nitrogens with two attached hydrogens (primary N) is 1. The molecule has 6 heteroatoms. The van der Waals surface area contributed by atoms with Crippen LogP contribution in [-0.2, 0) is 4.74 Å². The summed E-state index contributed by atoms with van der Waals surface area (Å²) in [6.07, 6.45) is 1.96. The fourth-order valence-corrected chi connectivity index (χ4v) is 2.21. The predicted octanol–water partition coefficient (Wildman–Crippen LogP) is 1.75. The van der Waals surface area contributed by atoms with Gasteiger partial charge in [0.25, 0.3) is 0 Å². The number of carbonyl (C=O) groups excluding carboxylic acids is 1. The van der Waals surface area contributed by atoms with Crippen molar-refractivity contribution in [2.45, 2.75) is 52.2 Å². The quantitative estimate of drug-likeness (QED) is 0.362. The number of quaternary nitrogens is 1. The maximum Gasteiger partial charge on any atom is 0.308 e. The van der Waals surface area contributed by atoms with E-state index in [1.165, 1.54) is 17.4 Å². The molecular weight excluding hydrogens is 299 g/mol. The van der Waals surface area contributed by atoms with Crippen molar-refractivity contribution in [1.82, 2.24) is 0 Å². The highest BCUT2D eigenvalue weighted by Crippen LogP contribution is 2.32. The topological polar surface area (TPSA) is 75.5 Å². The molecule has 0 amide bonds. The number of aliphatic imine (C=N–C) groups is 1. The number of rotatable bonds is 6. The molecule has 1 aromatic carbocycles. The van der Waals surface area contributed by atoms with Crippen LogP contribution in [0.15, 0.2) is 17.1 Å². The zero-order chi connectivity index (χ0) is 17.2. The Morgan fingerprint density at radius 2 is 2.09 bits per heavy atom. The number of hydrogen-bond donors (Lipinski definition) is 2. The summed E-state index contributed by atoms with van der Waals surface area (Å²) in [5.74, 6) is -0.0781. The van der Waals surface area contributed by atoms with Crippen LogP contribution in [0.3, 0.4) is 0 Å². The molecule has 0 radical (unpaired) electrons.